The highest BCUT2D eigenvalue weighted by Gasteiger charge is 2.32. The van der Waals surface area contributed by atoms with Crippen LogP contribution in [0.2, 0.25) is 0 Å². The molecule has 29 heavy (non-hydrogen) atoms. The highest BCUT2D eigenvalue weighted by molar-refractivity contribution is 6.00. The summed E-state index contributed by atoms with van der Waals surface area (Å²) in [5, 5.41) is 12.9. The van der Waals surface area contributed by atoms with Gasteiger partial charge in [0, 0.05) is 49.5 Å². The van der Waals surface area contributed by atoms with Crippen LogP contribution in [0.3, 0.4) is 0 Å². The number of likely N-dealkylation sites (N-methyl/N-ethyl adjacent to an activating group) is 1. The van der Waals surface area contributed by atoms with Crippen LogP contribution in [0.15, 0.2) is 54.9 Å². The molecule has 2 heterocycles. The van der Waals surface area contributed by atoms with Crippen molar-refractivity contribution < 1.29 is 14.6 Å². The molecule has 4 rings (SSSR count). The average Bonchev–Trinajstić information content (AvgIpc) is 2.77. The normalized spacial score (nSPS) is 16.6. The van der Waals surface area contributed by atoms with Crippen LogP contribution in [0.4, 0.5) is 0 Å². The van der Waals surface area contributed by atoms with Crippen molar-refractivity contribution in [2.75, 3.05) is 40.3 Å². The number of nitrogens with zero attached hydrogens (tertiary/aromatic N) is 3. The maximum absolute atomic E-state index is 12.7. The monoisotopic (exact) mass is 391 g/mol. The van der Waals surface area contributed by atoms with E-state index in [4.69, 9.17) is 4.74 Å². The number of fused-ring (bicyclic) bond motifs is 1. The molecule has 1 unspecified atom stereocenters. The van der Waals surface area contributed by atoms with Crippen LogP contribution in [-0.4, -0.2) is 66.2 Å². The molecular weight excluding hydrogens is 366 g/mol. The van der Waals surface area contributed by atoms with Crippen molar-refractivity contribution >= 4 is 16.7 Å². The van der Waals surface area contributed by atoms with E-state index in [2.05, 4.69) is 21.8 Å². The minimum absolute atomic E-state index is 0.129. The van der Waals surface area contributed by atoms with E-state index >= 15 is 0 Å². The first-order valence-electron chi connectivity index (χ1n) is 9.75. The predicted molar refractivity (Wildman–Crippen MR) is 112 cm³/mol. The number of aromatic nitrogens is 1. The molecule has 1 atom stereocenters. The summed E-state index contributed by atoms with van der Waals surface area (Å²) >= 11 is 0. The number of carbonyl (C=O) groups excluding carboxylic acids is 1. The van der Waals surface area contributed by atoms with Gasteiger partial charge in [0.1, 0.15) is 5.75 Å². The van der Waals surface area contributed by atoms with Gasteiger partial charge in [-0.3, -0.25) is 9.88 Å². The van der Waals surface area contributed by atoms with Crippen LogP contribution in [0.5, 0.6) is 5.75 Å². The molecule has 6 nitrogen and oxygen atoms in total. The lowest BCUT2D eigenvalue weighted by molar-refractivity contribution is 0.0594. The zero-order chi connectivity index (χ0) is 20.4. The molecular formula is C23H25N3O3. The second-order valence-electron chi connectivity index (χ2n) is 7.42. The van der Waals surface area contributed by atoms with Gasteiger partial charge in [-0.25, -0.2) is 4.79 Å². The van der Waals surface area contributed by atoms with Crippen LogP contribution in [0.1, 0.15) is 27.5 Å². The van der Waals surface area contributed by atoms with Gasteiger partial charge in [0.05, 0.1) is 18.7 Å². The van der Waals surface area contributed by atoms with E-state index in [-0.39, 0.29) is 11.8 Å². The van der Waals surface area contributed by atoms with E-state index in [1.165, 1.54) is 7.11 Å². The minimum Gasteiger partial charge on any atom is -0.507 e. The van der Waals surface area contributed by atoms with Crippen molar-refractivity contribution in [3.63, 3.8) is 0 Å². The Kier molecular flexibility index (Phi) is 5.47. The molecule has 3 aromatic rings. The van der Waals surface area contributed by atoms with Crippen LogP contribution in [-0.2, 0) is 4.74 Å². The number of carbonyl (C=O) groups is 1. The first-order chi connectivity index (χ1) is 14.1. The Hall–Kier alpha value is -2.96. The predicted octanol–water partition coefficient (Wildman–Crippen LogP) is 3.06. The quantitative estimate of drug-likeness (QED) is 0.690. The Morgan fingerprint density at radius 3 is 2.48 bits per heavy atom. The van der Waals surface area contributed by atoms with E-state index in [0.717, 1.165) is 42.5 Å². The zero-order valence-corrected chi connectivity index (χ0v) is 16.7. The number of rotatable bonds is 4. The lowest BCUT2D eigenvalue weighted by Gasteiger charge is -2.39. The van der Waals surface area contributed by atoms with Gasteiger partial charge >= 0.3 is 5.97 Å². The van der Waals surface area contributed by atoms with Gasteiger partial charge in [0.2, 0.25) is 0 Å². The van der Waals surface area contributed by atoms with Gasteiger partial charge in [0.15, 0.2) is 0 Å². The van der Waals surface area contributed by atoms with E-state index in [1.807, 2.05) is 42.5 Å². The Labute approximate surface area is 170 Å². The molecule has 6 heteroatoms. The summed E-state index contributed by atoms with van der Waals surface area (Å²) in [6.07, 6.45) is 3.49. The number of piperazine rings is 1. The Morgan fingerprint density at radius 1 is 1.10 bits per heavy atom. The minimum atomic E-state index is -0.450. The summed E-state index contributed by atoms with van der Waals surface area (Å²) in [6, 6.07) is 13.0. The fraction of sp³-hybridized carbons (Fsp3) is 0.304. The molecule has 0 aliphatic carbocycles. The van der Waals surface area contributed by atoms with Gasteiger partial charge < -0.3 is 14.7 Å². The number of aromatic hydroxyl groups is 1. The summed E-state index contributed by atoms with van der Waals surface area (Å²) in [5.41, 5.74) is 1.97. The fourth-order valence-corrected chi connectivity index (χ4v) is 4.09. The van der Waals surface area contributed by atoms with Gasteiger partial charge in [0.25, 0.3) is 0 Å². The summed E-state index contributed by atoms with van der Waals surface area (Å²) in [6.45, 7) is 3.50. The number of methoxy groups -OCH3 is 1. The molecule has 150 valence electrons. The number of phenolic OH excluding ortho intramolecular Hbond substituents is 1. The van der Waals surface area contributed by atoms with Crippen LogP contribution >= 0.6 is 0 Å². The largest absolute Gasteiger partial charge is 0.507 e. The molecule has 1 aromatic heterocycles. The van der Waals surface area contributed by atoms with E-state index in [1.54, 1.807) is 12.4 Å². The SMILES string of the molecule is COC(=O)c1cc2ccccc2c(O)c1C(c1ccncc1)N1CCN(C)CC1. The second kappa shape index (κ2) is 8.19. The highest BCUT2D eigenvalue weighted by atomic mass is 16.5. The third-order valence-corrected chi connectivity index (χ3v) is 5.66. The number of ether oxygens (including phenoxy) is 1. The molecule has 0 bridgehead atoms. The highest BCUT2D eigenvalue weighted by Crippen LogP contribution is 2.41. The van der Waals surface area contributed by atoms with E-state index in [0.29, 0.717) is 11.1 Å². The van der Waals surface area contributed by atoms with E-state index in [9.17, 15) is 9.90 Å². The summed E-state index contributed by atoms with van der Waals surface area (Å²) in [7, 11) is 3.47. The standard InChI is InChI=1S/C23H25N3O3/c1-25-11-13-26(14-12-25)21(16-7-9-24-10-8-16)20-19(23(28)29-2)15-17-5-3-4-6-18(17)22(20)27/h3-10,15,21,27H,11-14H2,1-2H3. The molecule has 1 aliphatic heterocycles. The molecule has 0 saturated carbocycles. The number of hydrogen-bond acceptors (Lipinski definition) is 6. The molecule has 0 amide bonds. The summed E-state index contributed by atoms with van der Waals surface area (Å²) in [4.78, 5) is 21.5. The molecule has 1 aliphatic rings. The molecule has 1 N–H and O–H groups in total. The Balaban J connectivity index is 1.96. The lowest BCUT2D eigenvalue weighted by Crippen LogP contribution is -2.46. The van der Waals surface area contributed by atoms with Crippen molar-refractivity contribution in [1.82, 2.24) is 14.8 Å². The van der Waals surface area contributed by atoms with Crippen molar-refractivity contribution in [3.05, 3.63) is 71.5 Å². The van der Waals surface area contributed by atoms with Crippen molar-refractivity contribution in [2.45, 2.75) is 6.04 Å². The molecule has 1 saturated heterocycles. The van der Waals surface area contributed by atoms with E-state index < -0.39 is 5.97 Å². The number of benzene rings is 2. The van der Waals surface area contributed by atoms with Gasteiger partial charge in [-0.05, 0) is 36.2 Å². The van der Waals surface area contributed by atoms with Gasteiger partial charge in [-0.1, -0.05) is 24.3 Å². The van der Waals surface area contributed by atoms with Gasteiger partial charge in [-0.2, -0.15) is 0 Å². The van der Waals surface area contributed by atoms with Crippen LogP contribution in [0, 0.1) is 0 Å². The smallest absolute Gasteiger partial charge is 0.338 e. The number of esters is 1. The third kappa shape index (κ3) is 3.69. The number of phenols is 1. The summed E-state index contributed by atoms with van der Waals surface area (Å²) in [5.74, 6) is -0.321. The maximum atomic E-state index is 12.7. The molecule has 2 aromatic carbocycles. The average molecular weight is 391 g/mol. The topological polar surface area (TPSA) is 65.9 Å². The third-order valence-electron chi connectivity index (χ3n) is 5.66. The Morgan fingerprint density at radius 2 is 1.79 bits per heavy atom. The van der Waals surface area contributed by atoms with Crippen LogP contribution < -0.4 is 0 Å². The fourth-order valence-electron chi connectivity index (χ4n) is 4.09. The first kappa shape index (κ1) is 19.4. The lowest BCUT2D eigenvalue weighted by atomic mass is 9.89. The molecule has 1 fully saturated rings. The maximum Gasteiger partial charge on any atom is 0.338 e. The summed E-state index contributed by atoms with van der Waals surface area (Å²) < 4.78 is 5.08. The number of pyridine rings is 1. The van der Waals surface area contributed by atoms with Gasteiger partial charge in [-0.15, -0.1) is 0 Å². The molecule has 0 radical (unpaired) electrons. The number of hydrogen-bond donors (Lipinski definition) is 1. The first-order valence-corrected chi connectivity index (χ1v) is 9.75. The van der Waals surface area contributed by atoms with Crippen LogP contribution in [0.25, 0.3) is 10.8 Å². The second-order valence-corrected chi connectivity index (χ2v) is 7.42. The van der Waals surface area contributed by atoms with Crippen molar-refractivity contribution in [2.24, 2.45) is 0 Å². The zero-order valence-electron chi connectivity index (χ0n) is 16.7. The molecule has 0 spiro atoms. The van der Waals surface area contributed by atoms with Crippen molar-refractivity contribution in [1.29, 1.82) is 0 Å². The van der Waals surface area contributed by atoms with Crippen molar-refractivity contribution in [3.8, 4) is 5.75 Å². The Bertz CT molecular complexity index is 1010.